The van der Waals surface area contributed by atoms with E-state index in [-0.39, 0.29) is 17.2 Å². The van der Waals surface area contributed by atoms with Crippen LogP contribution in [0.2, 0.25) is 0 Å². The Bertz CT molecular complexity index is 791. The minimum absolute atomic E-state index is 0.146. The summed E-state index contributed by atoms with van der Waals surface area (Å²) < 4.78 is 1.76. The summed E-state index contributed by atoms with van der Waals surface area (Å²) in [6, 6.07) is 5.97. The number of hydrogen-bond donors (Lipinski definition) is 1. The van der Waals surface area contributed by atoms with Crippen molar-refractivity contribution < 1.29 is 4.79 Å². The van der Waals surface area contributed by atoms with E-state index >= 15 is 0 Å². The first-order valence-electron chi connectivity index (χ1n) is 7.72. The number of nitrogens with zero attached hydrogens (tertiary/aromatic N) is 4. The van der Waals surface area contributed by atoms with E-state index in [1.165, 1.54) is 11.8 Å². The highest BCUT2D eigenvalue weighted by Gasteiger charge is 2.20. The first kappa shape index (κ1) is 18.0. The molecule has 0 spiro atoms. The van der Waals surface area contributed by atoms with E-state index in [1.54, 1.807) is 23.9 Å². The molecule has 0 radical (unpaired) electrons. The molecule has 7 heteroatoms. The van der Waals surface area contributed by atoms with Crippen molar-refractivity contribution in [2.24, 2.45) is 0 Å². The van der Waals surface area contributed by atoms with Gasteiger partial charge in [-0.1, -0.05) is 11.8 Å². The number of amides is 1. The van der Waals surface area contributed by atoms with Gasteiger partial charge in [-0.3, -0.25) is 4.79 Å². The largest absolute Gasteiger partial charge is 0.310 e. The quantitative estimate of drug-likeness (QED) is 0.841. The van der Waals surface area contributed by atoms with Gasteiger partial charge in [0.25, 0.3) is 0 Å². The van der Waals surface area contributed by atoms with E-state index in [1.807, 2.05) is 33.8 Å². The molecule has 0 aliphatic heterocycles. The summed E-state index contributed by atoms with van der Waals surface area (Å²) >= 11 is 1.29. The van der Waals surface area contributed by atoms with E-state index in [2.05, 4.69) is 21.5 Å². The third-order valence-corrected chi connectivity index (χ3v) is 4.58. The molecular formula is C17H21N5OS. The average Bonchev–Trinajstić information content (AvgIpc) is 2.95. The zero-order valence-corrected chi connectivity index (χ0v) is 15.3. The van der Waals surface area contributed by atoms with Crippen molar-refractivity contribution >= 4 is 23.5 Å². The van der Waals surface area contributed by atoms with Gasteiger partial charge < -0.3 is 5.32 Å². The minimum Gasteiger partial charge on any atom is -0.310 e. The number of nitriles is 1. The lowest BCUT2D eigenvalue weighted by Crippen LogP contribution is -2.24. The van der Waals surface area contributed by atoms with Crippen molar-refractivity contribution in [3.05, 3.63) is 35.2 Å². The Morgan fingerprint density at radius 2 is 2.08 bits per heavy atom. The molecule has 2 aromatic rings. The Balaban J connectivity index is 2.15. The Morgan fingerprint density at radius 1 is 1.38 bits per heavy atom. The second-order valence-corrected chi connectivity index (χ2v) is 7.21. The number of anilines is 1. The maximum absolute atomic E-state index is 12.5. The predicted octanol–water partition coefficient (Wildman–Crippen LogP) is 3.47. The third kappa shape index (κ3) is 3.95. The summed E-state index contributed by atoms with van der Waals surface area (Å²) in [4.78, 5) is 16.9. The van der Waals surface area contributed by atoms with E-state index in [0.29, 0.717) is 16.4 Å². The first-order chi connectivity index (χ1) is 11.3. The van der Waals surface area contributed by atoms with Gasteiger partial charge >= 0.3 is 0 Å². The van der Waals surface area contributed by atoms with Gasteiger partial charge in [0.05, 0.1) is 17.0 Å². The molecule has 0 fully saturated rings. The summed E-state index contributed by atoms with van der Waals surface area (Å²) in [7, 11) is 0. The van der Waals surface area contributed by atoms with E-state index < -0.39 is 0 Å². The van der Waals surface area contributed by atoms with Gasteiger partial charge in [-0.05, 0) is 46.2 Å². The molecule has 0 aromatic carbocycles. The summed E-state index contributed by atoms with van der Waals surface area (Å²) in [5, 5.41) is 16.6. The molecule has 2 rings (SSSR count). The predicted molar refractivity (Wildman–Crippen MR) is 95.0 cm³/mol. The van der Waals surface area contributed by atoms with Gasteiger partial charge in [0.2, 0.25) is 5.91 Å². The molecule has 6 nitrogen and oxygen atoms in total. The lowest BCUT2D eigenvalue weighted by Gasteiger charge is -2.15. The number of hydrogen-bond acceptors (Lipinski definition) is 5. The molecule has 1 atom stereocenters. The molecular weight excluding hydrogens is 322 g/mol. The van der Waals surface area contributed by atoms with Crippen LogP contribution < -0.4 is 5.32 Å². The maximum Gasteiger partial charge on any atom is 0.238 e. The number of aromatic nitrogens is 3. The number of thioether (sulfide) groups is 1. The topological polar surface area (TPSA) is 83.6 Å². The Morgan fingerprint density at radius 3 is 2.71 bits per heavy atom. The SMILES string of the molecule is Cc1cc(C)c(C#N)c(SC(C)C(=O)Nc2ccnn2C(C)C)n1. The monoisotopic (exact) mass is 343 g/mol. The fourth-order valence-corrected chi connectivity index (χ4v) is 3.32. The zero-order chi connectivity index (χ0) is 17.9. The highest BCUT2D eigenvalue weighted by atomic mass is 32.2. The van der Waals surface area contributed by atoms with Gasteiger partial charge in [0.1, 0.15) is 16.9 Å². The second kappa shape index (κ2) is 7.49. The van der Waals surface area contributed by atoms with Gasteiger partial charge in [-0.25, -0.2) is 9.67 Å². The number of carbonyl (C=O) groups excluding carboxylic acids is 1. The first-order valence-corrected chi connectivity index (χ1v) is 8.60. The standard InChI is InChI=1S/C17H21N5OS/c1-10(2)22-15(6-7-19-22)21-16(23)13(5)24-17-14(9-18)11(3)8-12(4)20-17/h6-8,10,13H,1-5H3,(H,21,23). The Hall–Kier alpha value is -2.33. The minimum atomic E-state index is -0.388. The molecule has 0 bridgehead atoms. The van der Waals surface area contributed by atoms with Gasteiger partial charge in [-0.2, -0.15) is 10.4 Å². The molecule has 0 saturated carbocycles. The summed E-state index contributed by atoms with van der Waals surface area (Å²) in [6.45, 7) is 9.56. The lowest BCUT2D eigenvalue weighted by atomic mass is 10.1. The van der Waals surface area contributed by atoms with E-state index in [4.69, 9.17) is 0 Å². The molecule has 2 heterocycles. The van der Waals surface area contributed by atoms with Crippen molar-refractivity contribution in [3.8, 4) is 6.07 Å². The van der Waals surface area contributed by atoms with Crippen molar-refractivity contribution in [2.75, 3.05) is 5.32 Å². The van der Waals surface area contributed by atoms with Crippen LogP contribution in [0.3, 0.4) is 0 Å². The molecule has 0 aliphatic carbocycles. The van der Waals surface area contributed by atoms with Crippen LogP contribution in [-0.4, -0.2) is 25.9 Å². The summed E-state index contributed by atoms with van der Waals surface area (Å²) in [5.41, 5.74) is 2.23. The number of nitrogens with one attached hydrogen (secondary N) is 1. The van der Waals surface area contributed by atoms with Crippen LogP contribution >= 0.6 is 11.8 Å². The van der Waals surface area contributed by atoms with Crippen LogP contribution in [0.15, 0.2) is 23.4 Å². The van der Waals surface area contributed by atoms with Crippen LogP contribution in [0.25, 0.3) is 0 Å². The van der Waals surface area contributed by atoms with Crippen LogP contribution in [0.5, 0.6) is 0 Å². The summed E-state index contributed by atoms with van der Waals surface area (Å²) in [5.74, 6) is 0.517. The highest BCUT2D eigenvalue weighted by molar-refractivity contribution is 8.00. The Kier molecular flexibility index (Phi) is 5.62. The lowest BCUT2D eigenvalue weighted by molar-refractivity contribution is -0.115. The molecule has 2 aromatic heterocycles. The van der Waals surface area contributed by atoms with E-state index in [9.17, 15) is 10.1 Å². The van der Waals surface area contributed by atoms with Crippen LogP contribution in [-0.2, 0) is 4.79 Å². The average molecular weight is 343 g/mol. The smallest absolute Gasteiger partial charge is 0.238 e. The van der Waals surface area contributed by atoms with Gasteiger partial charge in [0.15, 0.2) is 0 Å². The van der Waals surface area contributed by atoms with Crippen molar-refractivity contribution in [2.45, 2.75) is 50.9 Å². The normalized spacial score (nSPS) is 12.0. The van der Waals surface area contributed by atoms with Crippen molar-refractivity contribution in [3.63, 3.8) is 0 Å². The van der Waals surface area contributed by atoms with Crippen molar-refractivity contribution in [1.82, 2.24) is 14.8 Å². The Labute approximate surface area is 146 Å². The summed E-state index contributed by atoms with van der Waals surface area (Å²) in [6.07, 6.45) is 1.66. The molecule has 1 unspecified atom stereocenters. The van der Waals surface area contributed by atoms with Crippen molar-refractivity contribution in [1.29, 1.82) is 5.26 Å². The molecule has 0 saturated heterocycles. The molecule has 0 aliphatic rings. The number of pyridine rings is 1. The van der Waals surface area contributed by atoms with Gasteiger partial charge in [-0.15, -0.1) is 0 Å². The number of carbonyl (C=O) groups is 1. The van der Waals surface area contributed by atoms with Crippen LogP contribution in [0.4, 0.5) is 5.82 Å². The third-order valence-electron chi connectivity index (χ3n) is 3.49. The molecule has 1 amide bonds. The molecule has 126 valence electrons. The fourth-order valence-electron chi connectivity index (χ4n) is 2.30. The van der Waals surface area contributed by atoms with Crippen LogP contribution in [0, 0.1) is 25.2 Å². The number of aryl methyl sites for hydroxylation is 2. The molecule has 1 N–H and O–H groups in total. The van der Waals surface area contributed by atoms with Gasteiger partial charge in [0, 0.05) is 17.8 Å². The second-order valence-electron chi connectivity index (χ2n) is 5.88. The highest BCUT2D eigenvalue weighted by Crippen LogP contribution is 2.28. The van der Waals surface area contributed by atoms with E-state index in [0.717, 1.165) is 11.3 Å². The molecule has 24 heavy (non-hydrogen) atoms. The number of rotatable bonds is 5. The van der Waals surface area contributed by atoms with Crippen LogP contribution in [0.1, 0.15) is 43.6 Å². The maximum atomic E-state index is 12.5. The fraction of sp³-hybridized carbons (Fsp3) is 0.412. The zero-order valence-electron chi connectivity index (χ0n) is 14.5.